The van der Waals surface area contributed by atoms with Crippen LogP contribution in [0.2, 0.25) is 0 Å². The summed E-state index contributed by atoms with van der Waals surface area (Å²) in [4.78, 5) is 19.3. The molecule has 2 heterocycles. The van der Waals surface area contributed by atoms with Gasteiger partial charge in [-0.15, -0.1) is 0 Å². The van der Waals surface area contributed by atoms with E-state index in [1.165, 1.54) is 12.0 Å². The number of nitrogens with two attached hydrogens (primary N) is 1. The van der Waals surface area contributed by atoms with Gasteiger partial charge in [0.2, 0.25) is 5.88 Å². The highest BCUT2D eigenvalue weighted by atomic mass is 16.5. The number of carbonyl (C=O) groups excluding carboxylic acids is 1. The number of aromatic nitrogens is 1. The number of nitrogens with zero attached hydrogens (tertiary/aromatic N) is 2. The van der Waals surface area contributed by atoms with Gasteiger partial charge >= 0.3 is 6.03 Å². The summed E-state index contributed by atoms with van der Waals surface area (Å²) in [6.07, 6.45) is 3.24. The van der Waals surface area contributed by atoms with E-state index in [4.69, 9.17) is 15.5 Å². The number of rotatable bonds is 4. The number of pyridine rings is 1. The lowest BCUT2D eigenvalue weighted by Crippen LogP contribution is -2.44. The van der Waals surface area contributed by atoms with Crippen LogP contribution in [0.5, 0.6) is 5.88 Å². The van der Waals surface area contributed by atoms with E-state index >= 15 is 0 Å². The van der Waals surface area contributed by atoms with Gasteiger partial charge in [-0.3, -0.25) is 4.90 Å². The summed E-state index contributed by atoms with van der Waals surface area (Å²) >= 11 is 0. The third kappa shape index (κ3) is 3.60. The van der Waals surface area contributed by atoms with E-state index in [1.54, 1.807) is 4.90 Å². The van der Waals surface area contributed by atoms with E-state index in [1.807, 2.05) is 31.2 Å². The molecule has 164 valence electrons. The highest BCUT2D eigenvalue weighted by Crippen LogP contribution is 2.42. The second kappa shape index (κ2) is 8.28. The molecule has 1 aliphatic carbocycles. The Balaban J connectivity index is 1.61. The minimum atomic E-state index is -0.194. The van der Waals surface area contributed by atoms with Crippen molar-refractivity contribution in [2.24, 2.45) is 5.73 Å². The minimum absolute atomic E-state index is 0.135. The van der Waals surface area contributed by atoms with E-state index in [0.29, 0.717) is 31.3 Å². The molecular formula is C26H28N4O2. The maximum Gasteiger partial charge on any atom is 0.322 e. The highest BCUT2D eigenvalue weighted by molar-refractivity contribution is 5.96. The van der Waals surface area contributed by atoms with Crippen molar-refractivity contribution in [3.05, 3.63) is 66.2 Å². The van der Waals surface area contributed by atoms with Crippen LogP contribution in [0.25, 0.3) is 22.4 Å². The maximum absolute atomic E-state index is 12.6. The second-order valence-corrected chi connectivity index (χ2v) is 8.50. The molecule has 1 saturated carbocycles. The third-order valence-electron chi connectivity index (χ3n) is 6.45. The Kier molecular flexibility index (Phi) is 5.31. The fourth-order valence-corrected chi connectivity index (χ4v) is 4.46. The smallest absolute Gasteiger partial charge is 0.322 e. The number of hydrogen-bond donors (Lipinski definition) is 2. The predicted octanol–water partition coefficient (Wildman–Crippen LogP) is 4.68. The minimum Gasteiger partial charge on any atom is -0.474 e. The van der Waals surface area contributed by atoms with Gasteiger partial charge in [-0.25, -0.2) is 9.78 Å². The predicted molar refractivity (Wildman–Crippen MR) is 127 cm³/mol. The summed E-state index contributed by atoms with van der Waals surface area (Å²) in [7, 11) is 0. The molecule has 0 bridgehead atoms. The molecule has 1 fully saturated rings. The molecule has 0 radical (unpaired) electrons. The average Bonchev–Trinajstić information content (AvgIpc) is 2.82. The van der Waals surface area contributed by atoms with E-state index in [0.717, 1.165) is 35.2 Å². The van der Waals surface area contributed by atoms with Crippen LogP contribution < -0.4 is 20.7 Å². The Morgan fingerprint density at radius 1 is 1.12 bits per heavy atom. The zero-order valence-electron chi connectivity index (χ0n) is 18.3. The quantitative estimate of drug-likeness (QED) is 0.632. The summed E-state index contributed by atoms with van der Waals surface area (Å²) < 4.78 is 5.89. The first-order valence-electron chi connectivity index (χ1n) is 11.3. The fourth-order valence-electron chi connectivity index (χ4n) is 4.46. The van der Waals surface area contributed by atoms with Crippen LogP contribution in [0.3, 0.4) is 0 Å². The van der Waals surface area contributed by atoms with Crippen molar-refractivity contribution >= 4 is 11.7 Å². The standard InChI is InChI=1S/C26H28N4O2/c1-2-28-25(31)30-15-16-32-24-22(30)17-21(18-7-4-3-5-8-18)23(29-24)19-9-11-20(12-10-19)26(27)13-6-14-26/h3-5,7-12,17H,2,6,13-16,27H2,1H3,(H,28,31). The van der Waals surface area contributed by atoms with Crippen LogP contribution in [0.1, 0.15) is 31.7 Å². The van der Waals surface area contributed by atoms with Crippen LogP contribution in [-0.4, -0.2) is 30.7 Å². The van der Waals surface area contributed by atoms with Crippen molar-refractivity contribution in [1.82, 2.24) is 10.3 Å². The molecule has 32 heavy (non-hydrogen) atoms. The van der Waals surface area contributed by atoms with Crippen LogP contribution in [0.15, 0.2) is 60.7 Å². The molecule has 1 aliphatic heterocycles. The molecule has 0 saturated heterocycles. The molecule has 0 spiro atoms. The van der Waals surface area contributed by atoms with E-state index in [9.17, 15) is 4.79 Å². The van der Waals surface area contributed by atoms with Gasteiger partial charge in [-0.05, 0) is 43.4 Å². The van der Waals surface area contributed by atoms with Gasteiger partial charge in [-0.2, -0.15) is 0 Å². The number of anilines is 1. The Bertz CT molecular complexity index is 1120. The molecule has 6 heteroatoms. The number of benzene rings is 2. The molecule has 3 N–H and O–H groups in total. The molecule has 2 amide bonds. The number of hydrogen-bond acceptors (Lipinski definition) is 4. The molecule has 1 aromatic heterocycles. The largest absolute Gasteiger partial charge is 0.474 e. The Morgan fingerprint density at radius 3 is 2.53 bits per heavy atom. The van der Waals surface area contributed by atoms with Gasteiger partial charge in [0.1, 0.15) is 12.3 Å². The zero-order chi connectivity index (χ0) is 22.1. The third-order valence-corrected chi connectivity index (χ3v) is 6.45. The average molecular weight is 429 g/mol. The molecule has 0 unspecified atom stereocenters. The molecule has 2 aliphatic rings. The molecule has 2 aromatic carbocycles. The summed E-state index contributed by atoms with van der Waals surface area (Å²) in [6, 6.07) is 20.4. The Hall–Kier alpha value is -3.38. The highest BCUT2D eigenvalue weighted by Gasteiger charge is 2.34. The summed E-state index contributed by atoms with van der Waals surface area (Å²) in [6.45, 7) is 3.38. The van der Waals surface area contributed by atoms with Crippen molar-refractivity contribution < 1.29 is 9.53 Å². The fraction of sp³-hybridized carbons (Fsp3) is 0.308. The number of carbonyl (C=O) groups is 1. The van der Waals surface area contributed by atoms with Gasteiger partial charge in [0.05, 0.1) is 12.2 Å². The lowest BCUT2D eigenvalue weighted by atomic mass is 9.72. The summed E-state index contributed by atoms with van der Waals surface area (Å²) in [5.41, 5.74) is 12.0. The molecule has 0 atom stereocenters. The first-order valence-corrected chi connectivity index (χ1v) is 11.3. The molecule has 6 nitrogen and oxygen atoms in total. The van der Waals surface area contributed by atoms with Crippen LogP contribution in [0, 0.1) is 0 Å². The number of nitrogens with one attached hydrogen (secondary N) is 1. The topological polar surface area (TPSA) is 80.5 Å². The van der Waals surface area contributed by atoms with Crippen LogP contribution in [-0.2, 0) is 5.54 Å². The number of urea groups is 1. The first kappa shape index (κ1) is 20.5. The molecule has 3 aromatic rings. The lowest BCUT2D eigenvalue weighted by Gasteiger charge is -2.38. The summed E-state index contributed by atoms with van der Waals surface area (Å²) in [5, 5.41) is 2.88. The van der Waals surface area contributed by atoms with Gasteiger partial charge in [-0.1, -0.05) is 54.6 Å². The van der Waals surface area contributed by atoms with Gasteiger partial charge in [0, 0.05) is 23.2 Å². The van der Waals surface area contributed by atoms with Crippen molar-refractivity contribution in [2.75, 3.05) is 24.6 Å². The zero-order valence-corrected chi connectivity index (χ0v) is 18.3. The monoisotopic (exact) mass is 428 g/mol. The van der Waals surface area contributed by atoms with Gasteiger partial charge in [0.15, 0.2) is 0 Å². The van der Waals surface area contributed by atoms with E-state index < -0.39 is 0 Å². The van der Waals surface area contributed by atoms with Crippen molar-refractivity contribution in [2.45, 2.75) is 31.7 Å². The Labute approximate surface area is 188 Å². The Morgan fingerprint density at radius 2 is 1.88 bits per heavy atom. The SMILES string of the molecule is CCNC(=O)N1CCOc2nc(-c3ccc(C4(N)CCC4)cc3)c(-c3ccccc3)cc21. The van der Waals surface area contributed by atoms with Crippen molar-refractivity contribution in [3.8, 4) is 28.3 Å². The lowest BCUT2D eigenvalue weighted by molar-refractivity contribution is 0.239. The van der Waals surface area contributed by atoms with Crippen molar-refractivity contribution in [1.29, 1.82) is 0 Å². The normalized spacial score (nSPS) is 16.5. The van der Waals surface area contributed by atoms with Gasteiger partial charge in [0.25, 0.3) is 0 Å². The van der Waals surface area contributed by atoms with Crippen molar-refractivity contribution in [3.63, 3.8) is 0 Å². The summed E-state index contributed by atoms with van der Waals surface area (Å²) in [5.74, 6) is 0.482. The number of amides is 2. The first-order chi connectivity index (χ1) is 15.6. The maximum atomic E-state index is 12.6. The van der Waals surface area contributed by atoms with Gasteiger partial charge < -0.3 is 15.8 Å². The number of ether oxygens (including phenoxy) is 1. The van der Waals surface area contributed by atoms with E-state index in [-0.39, 0.29) is 11.6 Å². The van der Waals surface area contributed by atoms with Crippen LogP contribution in [0.4, 0.5) is 10.5 Å². The number of fused-ring (bicyclic) bond motifs is 1. The van der Waals surface area contributed by atoms with Crippen LogP contribution >= 0.6 is 0 Å². The molecule has 5 rings (SSSR count). The van der Waals surface area contributed by atoms with E-state index in [2.05, 4.69) is 41.7 Å². The second-order valence-electron chi connectivity index (χ2n) is 8.50. The molecular weight excluding hydrogens is 400 g/mol.